The van der Waals surface area contributed by atoms with Gasteiger partial charge in [0.05, 0.1) is 0 Å². The van der Waals surface area contributed by atoms with E-state index in [1.807, 2.05) is 79.1 Å². The number of nitrogens with zero attached hydrogens (tertiary/aromatic N) is 3. The van der Waals surface area contributed by atoms with Crippen LogP contribution in [0.15, 0.2) is 284 Å². The summed E-state index contributed by atoms with van der Waals surface area (Å²) in [7, 11) is 0. The summed E-state index contributed by atoms with van der Waals surface area (Å²) in [6.07, 6.45) is 3.64. The number of para-hydroxylation sites is 1. The number of hydrogen-bond donors (Lipinski definition) is 0. The Labute approximate surface area is 478 Å². The van der Waals surface area contributed by atoms with E-state index in [9.17, 15) is 0 Å². The molecule has 14 rings (SSSR count). The van der Waals surface area contributed by atoms with Gasteiger partial charge in [0.1, 0.15) is 11.1 Å². The SMILES string of the molecule is [Ir+3].[c-]1cc(-c2ccccc2-c2cc(-c3ccccc3-c3c[c-]c(-c4ccccn4)cc3)cc(-c3ccccc3-c3c[c-]c(-c4ccc5oc6ccccc6c5n4)cc3-c3ccc(-c4ccccc4)cc3)c2)ccc1-c1ccccn1. The van der Waals surface area contributed by atoms with Crippen LogP contribution in [0.2, 0.25) is 0 Å². The van der Waals surface area contributed by atoms with Crippen molar-refractivity contribution in [2.24, 2.45) is 0 Å². The molecule has 0 spiro atoms. The fourth-order valence-electron chi connectivity index (χ4n) is 10.9. The summed E-state index contributed by atoms with van der Waals surface area (Å²) in [5.74, 6) is 0. The topological polar surface area (TPSA) is 51.8 Å². The number of pyridine rings is 3. The van der Waals surface area contributed by atoms with Gasteiger partial charge in [-0.15, -0.1) is 83.4 Å². The minimum Gasteiger partial charge on any atom is -0.454 e. The van der Waals surface area contributed by atoms with E-state index in [1.54, 1.807) is 0 Å². The van der Waals surface area contributed by atoms with Gasteiger partial charge in [-0.05, 0) is 116 Å². The minimum atomic E-state index is 0. The van der Waals surface area contributed by atoms with Crippen LogP contribution in [0.5, 0.6) is 0 Å². The number of benzene rings is 10. The molecule has 5 heteroatoms. The molecule has 4 heterocycles. The Morgan fingerprint density at radius 1 is 0.275 bits per heavy atom. The smallest absolute Gasteiger partial charge is 0.454 e. The Bertz CT molecular complexity index is 4360. The van der Waals surface area contributed by atoms with E-state index in [2.05, 4.69) is 228 Å². The molecule has 0 atom stereocenters. The number of rotatable bonds is 11. The Kier molecular flexibility index (Phi) is 13.6. The molecule has 376 valence electrons. The van der Waals surface area contributed by atoms with E-state index in [1.165, 1.54) is 5.56 Å². The van der Waals surface area contributed by atoms with Crippen molar-refractivity contribution in [1.29, 1.82) is 0 Å². The van der Waals surface area contributed by atoms with E-state index >= 15 is 0 Å². The van der Waals surface area contributed by atoms with E-state index in [4.69, 9.17) is 9.40 Å². The Hall–Kier alpha value is -9.90. The molecule has 0 amide bonds. The zero-order valence-electron chi connectivity index (χ0n) is 43.1. The quantitative estimate of drug-likeness (QED) is 0.121. The van der Waals surface area contributed by atoms with Gasteiger partial charge in [0.15, 0.2) is 5.58 Å². The first-order chi connectivity index (χ1) is 39.1. The zero-order chi connectivity index (χ0) is 52.5. The van der Waals surface area contributed by atoms with Gasteiger partial charge in [0.25, 0.3) is 0 Å². The van der Waals surface area contributed by atoms with Crippen LogP contribution in [0.3, 0.4) is 0 Å². The van der Waals surface area contributed by atoms with Crippen LogP contribution < -0.4 is 0 Å². The summed E-state index contributed by atoms with van der Waals surface area (Å²) in [6, 6.07) is 105. The molecule has 0 aliphatic rings. The van der Waals surface area contributed by atoms with Gasteiger partial charge in [0, 0.05) is 17.8 Å². The van der Waals surface area contributed by atoms with Crippen LogP contribution in [-0.2, 0) is 20.1 Å². The van der Waals surface area contributed by atoms with Crippen molar-refractivity contribution in [2.45, 2.75) is 0 Å². The van der Waals surface area contributed by atoms with Gasteiger partial charge in [0.2, 0.25) is 0 Å². The summed E-state index contributed by atoms with van der Waals surface area (Å²) < 4.78 is 6.21. The predicted octanol–water partition coefficient (Wildman–Crippen LogP) is 19.5. The van der Waals surface area contributed by atoms with E-state index < -0.39 is 0 Å². The molecule has 10 aromatic carbocycles. The first kappa shape index (κ1) is 49.7. The Morgan fingerprint density at radius 2 is 0.738 bits per heavy atom. The maximum Gasteiger partial charge on any atom is 3.00 e. The molecule has 0 aliphatic heterocycles. The van der Waals surface area contributed by atoms with Crippen molar-refractivity contribution < 1.29 is 24.5 Å². The third-order valence-electron chi connectivity index (χ3n) is 14.8. The molecule has 80 heavy (non-hydrogen) atoms. The molecule has 0 N–H and O–H groups in total. The van der Waals surface area contributed by atoms with Gasteiger partial charge in [-0.25, -0.2) is 0 Å². The average molecular weight is 1200 g/mol. The maximum absolute atomic E-state index is 6.21. The van der Waals surface area contributed by atoms with Crippen LogP contribution in [-0.4, -0.2) is 15.0 Å². The third kappa shape index (κ3) is 9.67. The van der Waals surface area contributed by atoms with Gasteiger partial charge < -0.3 is 14.4 Å². The van der Waals surface area contributed by atoms with E-state index in [0.717, 1.165) is 139 Å². The van der Waals surface area contributed by atoms with Crippen molar-refractivity contribution in [3.63, 3.8) is 0 Å². The van der Waals surface area contributed by atoms with Crippen molar-refractivity contribution in [3.05, 3.63) is 298 Å². The van der Waals surface area contributed by atoms with Gasteiger partial charge >= 0.3 is 20.1 Å². The molecule has 0 saturated carbocycles. The molecule has 4 aromatic heterocycles. The van der Waals surface area contributed by atoms with Crippen LogP contribution in [0.25, 0.3) is 145 Å². The van der Waals surface area contributed by atoms with E-state index in [0.29, 0.717) is 0 Å². The molecule has 0 unspecified atom stereocenters. The van der Waals surface area contributed by atoms with Crippen LogP contribution in [0.1, 0.15) is 0 Å². The zero-order valence-corrected chi connectivity index (χ0v) is 45.5. The Balaban J connectivity index is 0.00000605. The van der Waals surface area contributed by atoms with Crippen molar-refractivity contribution >= 4 is 22.1 Å². The summed E-state index contributed by atoms with van der Waals surface area (Å²) in [5, 5.41) is 0.988. The molecular formula is C75H46IrN3O. The molecular weight excluding hydrogens is 1150 g/mol. The van der Waals surface area contributed by atoms with Crippen LogP contribution in [0, 0.1) is 18.2 Å². The molecule has 0 radical (unpaired) electrons. The Morgan fingerprint density at radius 3 is 1.29 bits per heavy atom. The molecule has 0 saturated heterocycles. The summed E-state index contributed by atoms with van der Waals surface area (Å²) in [6.45, 7) is 0. The first-order valence-electron chi connectivity index (χ1n) is 26.5. The summed E-state index contributed by atoms with van der Waals surface area (Å²) in [5.41, 5.74) is 25.4. The monoisotopic (exact) mass is 1200 g/mol. The number of hydrogen-bond acceptors (Lipinski definition) is 4. The average Bonchev–Trinajstić information content (AvgIpc) is 3.97. The number of fused-ring (bicyclic) bond motifs is 3. The fraction of sp³-hybridized carbons (Fsp3) is 0. The van der Waals surface area contributed by atoms with Crippen molar-refractivity contribution in [1.82, 2.24) is 15.0 Å². The second kappa shape index (κ2) is 21.9. The standard InChI is InChI=1S/C75H46N3O.Ir/c1-2-16-50(17-3-1)51-28-30-54(31-29-51)69-49-57(72-42-43-74-75(78-72)68-24-10-11-27-73(68)79-74)40-41-67(69)66-23-9-8-22-65(66)60-47-58(63-20-6-4-18-61(63)52-32-36-55(37-33-52)70-25-12-14-44-76-70)46-59(48-60)64-21-7-5-19-62(64)53-34-38-56(39-35-53)71-26-13-15-45-77-71;/h1-36,38,41-49H;/q-3;+3. The van der Waals surface area contributed by atoms with Crippen LogP contribution in [0.4, 0.5) is 0 Å². The van der Waals surface area contributed by atoms with Crippen molar-refractivity contribution in [3.8, 4) is 123 Å². The molecule has 0 aliphatic carbocycles. The first-order valence-corrected chi connectivity index (χ1v) is 26.5. The van der Waals surface area contributed by atoms with E-state index in [-0.39, 0.29) is 20.1 Å². The number of furan rings is 1. The van der Waals surface area contributed by atoms with Crippen molar-refractivity contribution in [2.75, 3.05) is 0 Å². The third-order valence-corrected chi connectivity index (χ3v) is 14.8. The minimum absolute atomic E-state index is 0. The summed E-state index contributed by atoms with van der Waals surface area (Å²) >= 11 is 0. The van der Waals surface area contributed by atoms with Gasteiger partial charge in [-0.1, -0.05) is 209 Å². The van der Waals surface area contributed by atoms with Gasteiger partial charge in [-0.3, -0.25) is 4.98 Å². The predicted molar refractivity (Wildman–Crippen MR) is 323 cm³/mol. The molecule has 0 fully saturated rings. The van der Waals surface area contributed by atoms with Gasteiger partial charge in [-0.2, -0.15) is 0 Å². The second-order valence-corrected chi connectivity index (χ2v) is 19.6. The molecule has 4 nitrogen and oxygen atoms in total. The molecule has 14 aromatic rings. The number of aromatic nitrogens is 3. The van der Waals surface area contributed by atoms with Crippen LogP contribution >= 0.6 is 0 Å². The largest absolute Gasteiger partial charge is 3.00 e. The fourth-order valence-corrected chi connectivity index (χ4v) is 10.9. The normalized spacial score (nSPS) is 11.2. The second-order valence-electron chi connectivity index (χ2n) is 19.6. The molecule has 0 bridgehead atoms. The maximum atomic E-state index is 6.21. The summed E-state index contributed by atoms with van der Waals surface area (Å²) in [4.78, 5) is 14.4.